The van der Waals surface area contributed by atoms with Crippen molar-refractivity contribution in [2.75, 3.05) is 26.1 Å². The first-order valence-corrected chi connectivity index (χ1v) is 7.97. The Morgan fingerprint density at radius 1 is 1.19 bits per heavy atom. The number of aryl methyl sites for hydroxylation is 1. The number of nitrogens with zero attached hydrogens (tertiary/aromatic N) is 2. The molecule has 2 aromatic rings. The molecule has 0 saturated heterocycles. The number of anilines is 1. The Morgan fingerprint density at radius 3 is 2.44 bits per heavy atom. The van der Waals surface area contributed by atoms with Gasteiger partial charge in [0.15, 0.2) is 0 Å². The van der Waals surface area contributed by atoms with Crippen molar-refractivity contribution < 1.29 is 19.2 Å². The molecule has 0 aliphatic heterocycles. The fraction of sp³-hybridized carbons (Fsp3) is 0.222. The van der Waals surface area contributed by atoms with E-state index in [0.29, 0.717) is 11.3 Å². The lowest BCUT2D eigenvalue weighted by atomic mass is 10.1. The van der Waals surface area contributed by atoms with Gasteiger partial charge in [0, 0.05) is 23.4 Å². The molecule has 2 N–H and O–H groups in total. The SMILES string of the molecule is COc1cc(OC)c([N+](=O)[O-])cc1/C=N\NC(=O)CNc1ccc(C)cc1. The van der Waals surface area contributed by atoms with E-state index in [1.54, 1.807) is 0 Å². The van der Waals surface area contributed by atoms with Gasteiger partial charge in [-0.15, -0.1) is 0 Å². The molecule has 27 heavy (non-hydrogen) atoms. The van der Waals surface area contributed by atoms with E-state index in [-0.39, 0.29) is 23.9 Å². The van der Waals surface area contributed by atoms with Crippen molar-refractivity contribution in [3.63, 3.8) is 0 Å². The molecule has 9 nitrogen and oxygen atoms in total. The van der Waals surface area contributed by atoms with Crippen LogP contribution in [0.5, 0.6) is 11.5 Å². The number of hydrogen-bond donors (Lipinski definition) is 2. The molecule has 0 atom stereocenters. The first kappa shape index (κ1) is 19.7. The number of carbonyl (C=O) groups is 1. The van der Waals surface area contributed by atoms with E-state index in [0.717, 1.165) is 11.3 Å². The van der Waals surface area contributed by atoms with Gasteiger partial charge in [0.25, 0.3) is 5.91 Å². The Morgan fingerprint density at radius 2 is 1.85 bits per heavy atom. The van der Waals surface area contributed by atoms with Gasteiger partial charge < -0.3 is 14.8 Å². The number of nitrogens with one attached hydrogen (secondary N) is 2. The van der Waals surface area contributed by atoms with Gasteiger partial charge in [-0.25, -0.2) is 5.43 Å². The van der Waals surface area contributed by atoms with Gasteiger partial charge >= 0.3 is 5.69 Å². The number of methoxy groups -OCH3 is 2. The van der Waals surface area contributed by atoms with Gasteiger partial charge in [0.2, 0.25) is 5.75 Å². The zero-order chi connectivity index (χ0) is 19.8. The highest BCUT2D eigenvalue weighted by molar-refractivity contribution is 5.87. The number of carbonyl (C=O) groups excluding carboxylic acids is 1. The summed E-state index contributed by atoms with van der Waals surface area (Å²) in [6, 6.07) is 10.3. The zero-order valence-corrected chi connectivity index (χ0v) is 15.2. The Bertz CT molecular complexity index is 850. The van der Waals surface area contributed by atoms with E-state index in [9.17, 15) is 14.9 Å². The molecule has 0 radical (unpaired) electrons. The minimum Gasteiger partial charge on any atom is -0.496 e. The average molecular weight is 372 g/mol. The van der Waals surface area contributed by atoms with Gasteiger partial charge in [-0.1, -0.05) is 17.7 Å². The largest absolute Gasteiger partial charge is 0.496 e. The molecule has 142 valence electrons. The average Bonchev–Trinajstić information content (AvgIpc) is 2.67. The molecule has 0 bridgehead atoms. The van der Waals surface area contributed by atoms with Gasteiger partial charge in [0.1, 0.15) is 5.75 Å². The van der Waals surface area contributed by atoms with Crippen LogP contribution in [0.25, 0.3) is 0 Å². The second-order valence-corrected chi connectivity index (χ2v) is 5.54. The van der Waals surface area contributed by atoms with Gasteiger partial charge in [-0.05, 0) is 19.1 Å². The molecule has 0 aromatic heterocycles. The summed E-state index contributed by atoms with van der Waals surface area (Å²) >= 11 is 0. The lowest BCUT2D eigenvalue weighted by molar-refractivity contribution is -0.385. The fourth-order valence-corrected chi connectivity index (χ4v) is 2.22. The predicted octanol–water partition coefficient (Wildman–Crippen LogP) is 2.48. The maximum atomic E-state index is 11.9. The third kappa shape index (κ3) is 5.43. The van der Waals surface area contributed by atoms with Crippen molar-refractivity contribution in [2.24, 2.45) is 5.10 Å². The molecular weight excluding hydrogens is 352 g/mol. The number of hydrogen-bond acceptors (Lipinski definition) is 7. The van der Waals surface area contributed by atoms with Crippen LogP contribution in [0.1, 0.15) is 11.1 Å². The minimum atomic E-state index is -0.570. The quantitative estimate of drug-likeness (QED) is 0.418. The molecule has 1 amide bonds. The maximum Gasteiger partial charge on any atom is 0.311 e. The number of nitro groups is 1. The summed E-state index contributed by atoms with van der Waals surface area (Å²) in [5.74, 6) is 0.0300. The summed E-state index contributed by atoms with van der Waals surface area (Å²) in [7, 11) is 2.75. The highest BCUT2D eigenvalue weighted by atomic mass is 16.6. The molecule has 9 heteroatoms. The third-order valence-electron chi connectivity index (χ3n) is 3.63. The molecule has 2 rings (SSSR count). The van der Waals surface area contributed by atoms with Crippen LogP contribution < -0.4 is 20.2 Å². The Labute approximate surface area is 156 Å². The summed E-state index contributed by atoms with van der Waals surface area (Å²) < 4.78 is 10.2. The Balaban J connectivity index is 2.02. The van der Waals surface area contributed by atoms with Crippen molar-refractivity contribution >= 4 is 23.5 Å². The van der Waals surface area contributed by atoms with Crippen LogP contribution in [0, 0.1) is 17.0 Å². The van der Waals surface area contributed by atoms with Crippen LogP contribution >= 0.6 is 0 Å². The number of amides is 1. The first-order chi connectivity index (χ1) is 12.9. The van der Waals surface area contributed by atoms with Crippen LogP contribution in [-0.4, -0.2) is 37.8 Å². The van der Waals surface area contributed by atoms with E-state index in [1.165, 1.54) is 32.6 Å². The highest BCUT2D eigenvalue weighted by Gasteiger charge is 2.18. The lowest BCUT2D eigenvalue weighted by Gasteiger charge is -2.08. The molecule has 0 heterocycles. The predicted molar refractivity (Wildman–Crippen MR) is 102 cm³/mol. The molecule has 0 saturated carbocycles. The number of hydrazone groups is 1. The van der Waals surface area contributed by atoms with Crippen LogP contribution in [0.4, 0.5) is 11.4 Å². The summed E-state index contributed by atoms with van der Waals surface area (Å²) in [6.07, 6.45) is 1.27. The van der Waals surface area contributed by atoms with E-state index in [4.69, 9.17) is 9.47 Å². The van der Waals surface area contributed by atoms with Crippen molar-refractivity contribution in [1.29, 1.82) is 0 Å². The molecule has 0 fully saturated rings. The van der Waals surface area contributed by atoms with Crippen molar-refractivity contribution in [3.8, 4) is 11.5 Å². The lowest BCUT2D eigenvalue weighted by Crippen LogP contribution is -2.25. The van der Waals surface area contributed by atoms with Gasteiger partial charge in [0.05, 0.1) is 31.9 Å². The zero-order valence-electron chi connectivity index (χ0n) is 15.2. The fourth-order valence-electron chi connectivity index (χ4n) is 2.22. The van der Waals surface area contributed by atoms with Crippen LogP contribution in [0.3, 0.4) is 0 Å². The third-order valence-corrected chi connectivity index (χ3v) is 3.63. The van der Waals surface area contributed by atoms with Crippen LogP contribution in [0.2, 0.25) is 0 Å². The summed E-state index contributed by atoms with van der Waals surface area (Å²) in [5.41, 5.74) is 4.39. The second kappa shape index (κ2) is 9.18. The molecular formula is C18H20N4O5. The number of ether oxygens (including phenoxy) is 2. The number of benzene rings is 2. The molecule has 0 aliphatic rings. The normalized spacial score (nSPS) is 10.5. The topological polar surface area (TPSA) is 115 Å². The maximum absolute atomic E-state index is 11.9. The van der Waals surface area contributed by atoms with E-state index in [2.05, 4.69) is 15.8 Å². The van der Waals surface area contributed by atoms with Crippen LogP contribution in [0.15, 0.2) is 41.5 Å². The monoisotopic (exact) mass is 372 g/mol. The molecule has 2 aromatic carbocycles. The second-order valence-electron chi connectivity index (χ2n) is 5.54. The number of nitro benzene ring substituents is 1. The molecule has 0 spiro atoms. The molecule has 0 unspecified atom stereocenters. The highest BCUT2D eigenvalue weighted by Crippen LogP contribution is 2.33. The molecule has 0 aliphatic carbocycles. The van der Waals surface area contributed by atoms with Crippen molar-refractivity contribution in [1.82, 2.24) is 5.43 Å². The van der Waals surface area contributed by atoms with Crippen molar-refractivity contribution in [3.05, 3.63) is 57.6 Å². The minimum absolute atomic E-state index is 0.0281. The summed E-state index contributed by atoms with van der Waals surface area (Å²) in [5, 5.41) is 17.9. The van der Waals surface area contributed by atoms with Crippen LogP contribution in [-0.2, 0) is 4.79 Å². The number of rotatable bonds is 8. The van der Waals surface area contributed by atoms with E-state index in [1.807, 2.05) is 31.2 Å². The van der Waals surface area contributed by atoms with E-state index < -0.39 is 4.92 Å². The van der Waals surface area contributed by atoms with E-state index >= 15 is 0 Å². The van der Waals surface area contributed by atoms with Gasteiger partial charge in [-0.2, -0.15) is 5.10 Å². The van der Waals surface area contributed by atoms with Crippen molar-refractivity contribution in [2.45, 2.75) is 6.92 Å². The Kier molecular flexibility index (Phi) is 6.70. The standard InChI is InChI=1S/C18H20N4O5/c1-12-4-6-14(7-5-12)19-11-18(23)21-20-10-13-8-15(22(24)25)17(27-3)9-16(13)26-2/h4-10,19H,11H2,1-3H3,(H,21,23)/b20-10-. The summed E-state index contributed by atoms with van der Waals surface area (Å²) in [4.78, 5) is 22.4. The smallest absolute Gasteiger partial charge is 0.311 e. The Hall–Kier alpha value is -3.62. The van der Waals surface area contributed by atoms with Gasteiger partial charge in [-0.3, -0.25) is 14.9 Å². The first-order valence-electron chi connectivity index (χ1n) is 7.97. The summed E-state index contributed by atoms with van der Waals surface area (Å²) in [6.45, 7) is 2.00.